The average molecular weight is 531 g/mol. The minimum atomic E-state index is -5.26. The number of likely N-dealkylation sites (tertiary alicyclic amines) is 1. The zero-order valence-electron chi connectivity index (χ0n) is 19.4. The van der Waals surface area contributed by atoms with Gasteiger partial charge in [-0.15, -0.1) is 13.2 Å². The molecule has 1 saturated heterocycles. The second-order valence-corrected chi connectivity index (χ2v) is 8.87. The lowest BCUT2D eigenvalue weighted by atomic mass is 9.97. The number of rotatable bonds is 7. The lowest BCUT2D eigenvalue weighted by Crippen LogP contribution is -2.40. The highest BCUT2D eigenvalue weighted by atomic mass is 19.4. The Hall–Kier alpha value is -3.41. The van der Waals surface area contributed by atoms with Gasteiger partial charge in [-0.05, 0) is 60.9 Å². The molecule has 2 aliphatic heterocycles. The first kappa shape index (κ1) is 26.6. The van der Waals surface area contributed by atoms with Crippen LogP contribution < -0.4 is 14.2 Å². The number of hydrogen-bond acceptors (Lipinski definition) is 5. The molecule has 0 radical (unpaired) electrons. The van der Waals surface area contributed by atoms with Crippen LogP contribution in [0.3, 0.4) is 0 Å². The second kappa shape index (κ2) is 10.5. The molecular formula is C25H23F6NO5. The number of benzene rings is 2. The van der Waals surface area contributed by atoms with Crippen LogP contribution in [0.25, 0.3) is 6.08 Å². The maximum absolute atomic E-state index is 13.3. The van der Waals surface area contributed by atoms with Crippen LogP contribution in [0, 0.1) is 5.92 Å². The number of carboxylic acids is 1. The molecule has 4 rings (SSSR count). The summed E-state index contributed by atoms with van der Waals surface area (Å²) in [5.41, 5.74) is 0.200. The molecule has 1 fully saturated rings. The molecule has 12 heteroatoms. The van der Waals surface area contributed by atoms with Crippen LogP contribution in [0.5, 0.6) is 17.2 Å². The third-order valence-electron chi connectivity index (χ3n) is 6.02. The molecule has 2 heterocycles. The van der Waals surface area contributed by atoms with Gasteiger partial charge in [0.05, 0.1) is 11.5 Å². The van der Waals surface area contributed by atoms with Crippen LogP contribution in [0.2, 0.25) is 0 Å². The monoisotopic (exact) mass is 531 g/mol. The standard InChI is InChI=1S/C25H23F6NO5/c26-24(27,28)20-9-15(3-6-21(20)37-25(29,30)31)13-35-19-5-4-17-8-16(14-36-22(17)10-19)11-32-7-1-2-18(12-32)23(33)34/h3-6,8-10,18H,1-2,7,11-14H2,(H,33,34)/t18-/m1/s1. The SMILES string of the molecule is O=C(O)[C@@H]1CCCN(CC2=Cc3ccc(OCc4ccc(OC(F)(F)F)c(C(F)(F)F)c4)cc3OC2)C1. The second-order valence-electron chi connectivity index (χ2n) is 8.87. The molecule has 0 unspecified atom stereocenters. The summed E-state index contributed by atoms with van der Waals surface area (Å²) in [6.45, 7) is 1.83. The summed E-state index contributed by atoms with van der Waals surface area (Å²) in [5, 5.41) is 9.26. The van der Waals surface area contributed by atoms with Gasteiger partial charge in [0.15, 0.2) is 0 Å². The van der Waals surface area contributed by atoms with E-state index in [1.54, 1.807) is 18.2 Å². The van der Waals surface area contributed by atoms with E-state index >= 15 is 0 Å². The van der Waals surface area contributed by atoms with E-state index in [4.69, 9.17) is 9.47 Å². The van der Waals surface area contributed by atoms with E-state index in [1.807, 2.05) is 6.08 Å². The normalized spacial score (nSPS) is 18.4. The van der Waals surface area contributed by atoms with Crippen molar-refractivity contribution in [1.82, 2.24) is 4.90 Å². The van der Waals surface area contributed by atoms with Crippen LogP contribution >= 0.6 is 0 Å². The van der Waals surface area contributed by atoms with Crippen LogP contribution in [0.4, 0.5) is 26.3 Å². The first-order valence-electron chi connectivity index (χ1n) is 11.4. The first-order valence-corrected chi connectivity index (χ1v) is 11.4. The van der Waals surface area contributed by atoms with Gasteiger partial charge in [0, 0.05) is 24.7 Å². The molecule has 37 heavy (non-hydrogen) atoms. The Labute approximate surface area is 208 Å². The zero-order valence-corrected chi connectivity index (χ0v) is 19.4. The summed E-state index contributed by atoms with van der Waals surface area (Å²) < 4.78 is 92.0. The maximum Gasteiger partial charge on any atom is 0.573 e. The van der Waals surface area contributed by atoms with Gasteiger partial charge in [-0.25, -0.2) is 0 Å². The van der Waals surface area contributed by atoms with Crippen molar-refractivity contribution in [3.63, 3.8) is 0 Å². The van der Waals surface area contributed by atoms with E-state index in [9.17, 15) is 36.2 Å². The lowest BCUT2D eigenvalue weighted by molar-refractivity contribution is -0.276. The Morgan fingerprint density at radius 1 is 1.11 bits per heavy atom. The number of carboxylic acid groups (broad SMARTS) is 1. The van der Waals surface area contributed by atoms with Gasteiger partial charge in [-0.3, -0.25) is 9.69 Å². The summed E-state index contributed by atoms with van der Waals surface area (Å²) in [4.78, 5) is 13.4. The van der Waals surface area contributed by atoms with Crippen molar-refractivity contribution in [2.45, 2.75) is 32.0 Å². The largest absolute Gasteiger partial charge is 0.573 e. The topological polar surface area (TPSA) is 68.2 Å². The molecule has 0 bridgehead atoms. The minimum Gasteiger partial charge on any atom is -0.489 e. The number of halogens is 6. The summed E-state index contributed by atoms with van der Waals surface area (Å²) in [7, 11) is 0. The molecule has 0 saturated carbocycles. The number of aliphatic carboxylic acids is 1. The van der Waals surface area contributed by atoms with Gasteiger partial charge < -0.3 is 19.3 Å². The summed E-state index contributed by atoms with van der Waals surface area (Å²) in [5.74, 6) is -1.70. The minimum absolute atomic E-state index is 0.00358. The van der Waals surface area contributed by atoms with E-state index in [1.165, 1.54) is 0 Å². The summed E-state index contributed by atoms with van der Waals surface area (Å²) in [6, 6.07) is 7.14. The van der Waals surface area contributed by atoms with Crippen LogP contribution in [-0.4, -0.2) is 48.6 Å². The molecule has 0 spiro atoms. The molecule has 0 amide bonds. The Morgan fingerprint density at radius 2 is 1.89 bits per heavy atom. The van der Waals surface area contributed by atoms with Crippen molar-refractivity contribution in [3.8, 4) is 17.2 Å². The molecule has 1 N–H and O–H groups in total. The predicted octanol–water partition coefficient (Wildman–Crippen LogP) is 5.76. The van der Waals surface area contributed by atoms with Crippen LogP contribution in [-0.2, 0) is 17.6 Å². The molecule has 2 aromatic carbocycles. The van der Waals surface area contributed by atoms with Crippen LogP contribution in [0.15, 0.2) is 42.0 Å². The number of piperidine rings is 1. The molecule has 2 aliphatic rings. The molecule has 6 nitrogen and oxygen atoms in total. The number of fused-ring (bicyclic) bond motifs is 1. The number of hydrogen-bond donors (Lipinski definition) is 1. The average Bonchev–Trinajstić information content (AvgIpc) is 2.82. The zero-order chi connectivity index (χ0) is 26.8. The quantitative estimate of drug-likeness (QED) is 0.459. The molecule has 0 aliphatic carbocycles. The number of ether oxygens (including phenoxy) is 3. The van der Waals surface area contributed by atoms with E-state index in [0.29, 0.717) is 49.7 Å². The van der Waals surface area contributed by atoms with Crippen molar-refractivity contribution in [1.29, 1.82) is 0 Å². The van der Waals surface area contributed by atoms with Crippen molar-refractivity contribution in [2.24, 2.45) is 5.92 Å². The van der Waals surface area contributed by atoms with E-state index in [2.05, 4.69) is 9.64 Å². The smallest absolute Gasteiger partial charge is 0.489 e. The highest BCUT2D eigenvalue weighted by Gasteiger charge is 2.39. The van der Waals surface area contributed by atoms with Gasteiger partial charge in [0.2, 0.25) is 0 Å². The highest BCUT2D eigenvalue weighted by molar-refractivity contribution is 5.70. The van der Waals surface area contributed by atoms with E-state index < -0.39 is 29.8 Å². The Balaban J connectivity index is 1.41. The van der Waals surface area contributed by atoms with E-state index in [0.717, 1.165) is 30.2 Å². The summed E-state index contributed by atoms with van der Waals surface area (Å²) >= 11 is 0. The third kappa shape index (κ3) is 7.09. The molecule has 200 valence electrons. The van der Waals surface area contributed by atoms with Gasteiger partial charge in [-0.1, -0.05) is 6.07 Å². The van der Waals surface area contributed by atoms with Crippen LogP contribution in [0.1, 0.15) is 29.5 Å². The van der Waals surface area contributed by atoms with Gasteiger partial charge in [0.25, 0.3) is 0 Å². The van der Waals surface area contributed by atoms with Crippen molar-refractivity contribution in [2.75, 3.05) is 26.2 Å². The third-order valence-corrected chi connectivity index (χ3v) is 6.02. The van der Waals surface area contributed by atoms with Crippen molar-refractivity contribution in [3.05, 3.63) is 58.7 Å². The van der Waals surface area contributed by atoms with Gasteiger partial charge >= 0.3 is 18.5 Å². The fourth-order valence-corrected chi connectivity index (χ4v) is 4.33. The number of carbonyl (C=O) groups is 1. The van der Waals surface area contributed by atoms with Crippen molar-refractivity contribution < 1.29 is 50.5 Å². The molecule has 0 aromatic heterocycles. The van der Waals surface area contributed by atoms with E-state index in [-0.39, 0.29) is 18.1 Å². The maximum atomic E-state index is 13.3. The predicted molar refractivity (Wildman–Crippen MR) is 119 cm³/mol. The van der Waals surface area contributed by atoms with Gasteiger partial charge in [-0.2, -0.15) is 13.2 Å². The van der Waals surface area contributed by atoms with Crippen molar-refractivity contribution >= 4 is 12.0 Å². The first-order chi connectivity index (χ1) is 17.4. The summed E-state index contributed by atoms with van der Waals surface area (Å²) in [6.07, 6.45) is -6.89. The Bertz CT molecular complexity index is 1180. The lowest BCUT2D eigenvalue weighted by Gasteiger charge is -2.32. The molecule has 1 atom stereocenters. The molecule has 2 aromatic rings. The number of alkyl halides is 6. The highest BCUT2D eigenvalue weighted by Crippen LogP contribution is 2.39. The van der Waals surface area contributed by atoms with Gasteiger partial charge in [0.1, 0.15) is 30.5 Å². The fourth-order valence-electron chi connectivity index (χ4n) is 4.33. The molecular weight excluding hydrogens is 508 g/mol. The Kier molecular flexibility index (Phi) is 7.58. The fraction of sp³-hybridized carbons (Fsp3) is 0.400. The Morgan fingerprint density at radius 3 is 2.59 bits per heavy atom. The number of nitrogens with zero attached hydrogens (tertiary/aromatic N) is 1.